The quantitative estimate of drug-likeness (QED) is 0.902. The lowest BCUT2D eigenvalue weighted by Crippen LogP contribution is -2.05. The van der Waals surface area contributed by atoms with Crippen LogP contribution in [-0.2, 0) is 6.61 Å². The molecule has 0 amide bonds. The van der Waals surface area contributed by atoms with Crippen LogP contribution >= 0.6 is 0 Å². The number of hydrogen-bond acceptors (Lipinski definition) is 2. The van der Waals surface area contributed by atoms with Crippen molar-refractivity contribution in [1.82, 2.24) is 0 Å². The number of benzene rings is 2. The summed E-state index contributed by atoms with van der Waals surface area (Å²) in [7, 11) is 0. The highest BCUT2D eigenvalue weighted by Crippen LogP contribution is 2.23. The summed E-state index contributed by atoms with van der Waals surface area (Å²) in [5.74, 6) is 0.925. The fourth-order valence-corrected chi connectivity index (χ4v) is 2.43. The summed E-state index contributed by atoms with van der Waals surface area (Å²) in [5, 5.41) is 0. The molecule has 20 heavy (non-hydrogen) atoms. The van der Waals surface area contributed by atoms with Crippen molar-refractivity contribution in [3.8, 4) is 5.75 Å². The van der Waals surface area contributed by atoms with Crippen LogP contribution in [0.25, 0.3) is 0 Å². The number of aryl methyl sites for hydroxylation is 3. The molecule has 2 N–H and O–H groups in total. The molecule has 0 bridgehead atoms. The molecule has 106 valence electrons. The molecule has 2 heteroatoms. The van der Waals surface area contributed by atoms with E-state index in [9.17, 15) is 0 Å². The van der Waals surface area contributed by atoms with Gasteiger partial charge in [0.05, 0.1) is 0 Å². The lowest BCUT2D eigenvalue weighted by Gasteiger charge is -2.13. The minimum atomic E-state index is 0.0576. The van der Waals surface area contributed by atoms with Crippen molar-refractivity contribution in [2.75, 3.05) is 0 Å². The average molecular weight is 269 g/mol. The first-order valence-electron chi connectivity index (χ1n) is 7.02. The van der Waals surface area contributed by atoms with Gasteiger partial charge in [0.15, 0.2) is 0 Å². The zero-order valence-corrected chi connectivity index (χ0v) is 12.7. The van der Waals surface area contributed by atoms with Gasteiger partial charge >= 0.3 is 0 Å². The second-order valence-electron chi connectivity index (χ2n) is 5.60. The van der Waals surface area contributed by atoms with E-state index in [-0.39, 0.29) is 6.04 Å². The molecule has 1 atom stereocenters. The molecule has 0 saturated carbocycles. The molecule has 2 nitrogen and oxygen atoms in total. The summed E-state index contributed by atoms with van der Waals surface area (Å²) >= 11 is 0. The number of rotatable bonds is 4. The molecule has 0 aliphatic rings. The molecule has 2 aromatic carbocycles. The average Bonchev–Trinajstić information content (AvgIpc) is 2.36. The van der Waals surface area contributed by atoms with Gasteiger partial charge in [-0.1, -0.05) is 41.5 Å². The van der Waals surface area contributed by atoms with Crippen LogP contribution in [0.5, 0.6) is 5.75 Å². The second-order valence-corrected chi connectivity index (χ2v) is 5.60. The Bertz CT molecular complexity index is 582. The molecular weight excluding hydrogens is 246 g/mol. The van der Waals surface area contributed by atoms with Crippen molar-refractivity contribution in [2.24, 2.45) is 5.73 Å². The molecule has 0 aliphatic heterocycles. The van der Waals surface area contributed by atoms with Gasteiger partial charge in [0.2, 0.25) is 0 Å². The highest BCUT2D eigenvalue weighted by Gasteiger charge is 2.05. The van der Waals surface area contributed by atoms with E-state index < -0.39 is 0 Å². The first-order valence-corrected chi connectivity index (χ1v) is 7.02. The SMILES string of the molecule is Cc1cc(C)cc(COc2ccc([C@@H](C)N)cc2C)c1. The van der Waals surface area contributed by atoms with Gasteiger partial charge in [-0.05, 0) is 50.5 Å². The smallest absolute Gasteiger partial charge is 0.122 e. The summed E-state index contributed by atoms with van der Waals surface area (Å²) < 4.78 is 5.93. The predicted octanol–water partition coefficient (Wildman–Crippen LogP) is 4.21. The maximum absolute atomic E-state index is 5.93. The van der Waals surface area contributed by atoms with Crippen molar-refractivity contribution in [3.63, 3.8) is 0 Å². The van der Waals surface area contributed by atoms with Crippen LogP contribution in [-0.4, -0.2) is 0 Å². The van der Waals surface area contributed by atoms with Crippen molar-refractivity contribution in [3.05, 3.63) is 64.2 Å². The molecule has 0 spiro atoms. The first-order chi connectivity index (χ1) is 9.45. The molecule has 0 unspecified atom stereocenters. The molecule has 2 rings (SSSR count). The lowest BCUT2D eigenvalue weighted by molar-refractivity contribution is 0.304. The fraction of sp³-hybridized carbons (Fsp3) is 0.333. The van der Waals surface area contributed by atoms with Crippen LogP contribution < -0.4 is 10.5 Å². The van der Waals surface area contributed by atoms with E-state index in [1.54, 1.807) is 0 Å². The van der Waals surface area contributed by atoms with Crippen LogP contribution in [0.2, 0.25) is 0 Å². The van der Waals surface area contributed by atoms with Crippen LogP contribution in [0.1, 0.15) is 40.8 Å². The van der Waals surface area contributed by atoms with Crippen LogP contribution in [0.4, 0.5) is 0 Å². The Morgan fingerprint density at radius 1 is 1.00 bits per heavy atom. The Labute approximate surface area is 121 Å². The van der Waals surface area contributed by atoms with Crippen molar-refractivity contribution in [1.29, 1.82) is 0 Å². The standard InChI is InChI=1S/C18H23NO/c1-12-7-13(2)9-16(8-12)11-20-18-6-5-17(15(4)19)10-14(18)3/h5-10,15H,11,19H2,1-4H3/t15-/m1/s1. The maximum atomic E-state index is 5.93. The Balaban J connectivity index is 2.11. The molecule has 2 aromatic rings. The summed E-state index contributed by atoms with van der Waals surface area (Å²) in [5.41, 5.74) is 11.9. The molecular formula is C18H23NO. The molecule has 0 radical (unpaired) electrons. The monoisotopic (exact) mass is 269 g/mol. The first kappa shape index (κ1) is 14.6. The minimum Gasteiger partial charge on any atom is -0.489 e. The molecule has 0 heterocycles. The topological polar surface area (TPSA) is 35.2 Å². The third-order valence-corrected chi connectivity index (χ3v) is 3.40. The second kappa shape index (κ2) is 6.10. The van der Waals surface area contributed by atoms with Gasteiger partial charge < -0.3 is 10.5 Å². The van der Waals surface area contributed by atoms with Crippen LogP contribution in [0, 0.1) is 20.8 Å². The van der Waals surface area contributed by atoms with E-state index in [0.29, 0.717) is 6.61 Å². The Morgan fingerprint density at radius 3 is 2.20 bits per heavy atom. The van der Waals surface area contributed by atoms with Crippen molar-refractivity contribution in [2.45, 2.75) is 40.3 Å². The fourth-order valence-electron chi connectivity index (χ4n) is 2.43. The molecule has 0 aromatic heterocycles. The van der Waals surface area contributed by atoms with E-state index in [2.05, 4.69) is 45.0 Å². The van der Waals surface area contributed by atoms with E-state index in [4.69, 9.17) is 10.5 Å². The van der Waals surface area contributed by atoms with Gasteiger partial charge in [-0.3, -0.25) is 0 Å². The zero-order chi connectivity index (χ0) is 14.7. The van der Waals surface area contributed by atoms with Crippen LogP contribution in [0.3, 0.4) is 0 Å². The third-order valence-electron chi connectivity index (χ3n) is 3.40. The summed E-state index contributed by atoms with van der Waals surface area (Å²) in [6, 6.07) is 12.7. The van der Waals surface area contributed by atoms with Gasteiger partial charge in [0.25, 0.3) is 0 Å². The Kier molecular flexibility index (Phi) is 4.46. The van der Waals surface area contributed by atoms with E-state index in [1.807, 2.05) is 19.1 Å². The summed E-state index contributed by atoms with van der Waals surface area (Å²) in [6.45, 7) is 8.87. The van der Waals surface area contributed by atoms with Gasteiger partial charge in [-0.15, -0.1) is 0 Å². The highest BCUT2D eigenvalue weighted by atomic mass is 16.5. The minimum absolute atomic E-state index is 0.0576. The highest BCUT2D eigenvalue weighted by molar-refractivity contribution is 5.37. The lowest BCUT2D eigenvalue weighted by atomic mass is 10.1. The van der Waals surface area contributed by atoms with Gasteiger partial charge in [-0.25, -0.2) is 0 Å². The van der Waals surface area contributed by atoms with Crippen molar-refractivity contribution < 1.29 is 4.74 Å². The normalized spacial score (nSPS) is 12.2. The predicted molar refractivity (Wildman–Crippen MR) is 84.0 cm³/mol. The van der Waals surface area contributed by atoms with Gasteiger partial charge in [0.1, 0.15) is 12.4 Å². The Hall–Kier alpha value is -1.80. The largest absolute Gasteiger partial charge is 0.489 e. The number of nitrogens with two attached hydrogens (primary N) is 1. The summed E-state index contributed by atoms with van der Waals surface area (Å²) in [6.07, 6.45) is 0. The number of ether oxygens (including phenoxy) is 1. The zero-order valence-electron chi connectivity index (χ0n) is 12.7. The van der Waals surface area contributed by atoms with Crippen molar-refractivity contribution >= 4 is 0 Å². The molecule has 0 fully saturated rings. The third kappa shape index (κ3) is 3.61. The number of hydrogen-bond donors (Lipinski definition) is 1. The van der Waals surface area contributed by atoms with Crippen LogP contribution in [0.15, 0.2) is 36.4 Å². The van der Waals surface area contributed by atoms with Gasteiger partial charge in [0, 0.05) is 6.04 Å². The summed E-state index contributed by atoms with van der Waals surface area (Å²) in [4.78, 5) is 0. The Morgan fingerprint density at radius 2 is 1.65 bits per heavy atom. The maximum Gasteiger partial charge on any atom is 0.122 e. The van der Waals surface area contributed by atoms with E-state index in [1.165, 1.54) is 16.7 Å². The van der Waals surface area contributed by atoms with E-state index >= 15 is 0 Å². The van der Waals surface area contributed by atoms with E-state index in [0.717, 1.165) is 16.9 Å². The molecule has 0 saturated heterocycles. The molecule has 0 aliphatic carbocycles. The van der Waals surface area contributed by atoms with Gasteiger partial charge in [-0.2, -0.15) is 0 Å².